The minimum Gasteiger partial charge on any atom is -0.454 e. The Bertz CT molecular complexity index is 1790. The molecular weight excluding hydrogens is 572 g/mol. The van der Waals surface area contributed by atoms with E-state index in [1.165, 1.54) is 34.9 Å². The Morgan fingerprint density at radius 1 is 0.976 bits per heavy atom. The summed E-state index contributed by atoms with van der Waals surface area (Å²) in [7, 11) is 3.45. The van der Waals surface area contributed by atoms with E-state index in [9.17, 15) is 14.4 Å². The van der Waals surface area contributed by atoms with E-state index in [-0.39, 0.29) is 29.9 Å². The van der Waals surface area contributed by atoms with Crippen LogP contribution in [0.5, 0.6) is 11.5 Å². The zero-order valence-electron chi connectivity index (χ0n) is 23.2. The molecule has 5 aromatic rings. The number of ether oxygens (including phenoxy) is 2. The summed E-state index contributed by atoms with van der Waals surface area (Å²) in [4.78, 5) is 44.4. The smallest absolute Gasteiger partial charge is 0.267 e. The molecule has 9 nitrogen and oxygen atoms in total. The lowest BCUT2D eigenvalue weighted by Crippen LogP contribution is -2.22. The number of hydrogen-bond donors (Lipinski definition) is 1. The van der Waals surface area contributed by atoms with Crippen molar-refractivity contribution in [2.75, 3.05) is 32.0 Å². The summed E-state index contributed by atoms with van der Waals surface area (Å²) < 4.78 is 12.3. The number of anilines is 1. The summed E-state index contributed by atoms with van der Waals surface area (Å²) in [5.74, 6) is 1.20. The average molecular weight is 601 g/mol. The standard InChI is InChI=1S/C27H19N3O4S2.C4H9NO/c31-24(28-18-11-12-21-22(13-18)34-16-33-21)15-35-27-29-25-20(14-23(36-25)17-7-3-1-4-8-17)26(32)30(27)19-9-5-2-6-10-19;1-4(6)5(2)3/h1-14H,15-16H2,(H,28,31);1-3H3. The molecule has 0 saturated carbocycles. The largest absolute Gasteiger partial charge is 0.454 e. The number of para-hydroxylation sites is 1. The lowest BCUT2D eigenvalue weighted by atomic mass is 10.2. The SMILES string of the molecule is CC(=O)N(C)C.O=C(CSc1nc2sc(-c3ccccc3)cc2c(=O)n1-c1ccccc1)Nc1ccc2c(c1)OCO2. The van der Waals surface area contributed by atoms with Crippen LogP contribution in [-0.4, -0.2) is 52.9 Å². The predicted octanol–water partition coefficient (Wildman–Crippen LogP) is 5.67. The van der Waals surface area contributed by atoms with Crippen LogP contribution < -0.4 is 20.3 Å². The molecule has 3 heterocycles. The Morgan fingerprint density at radius 3 is 2.33 bits per heavy atom. The van der Waals surface area contributed by atoms with Crippen molar-refractivity contribution in [2.45, 2.75) is 12.1 Å². The highest BCUT2D eigenvalue weighted by Crippen LogP contribution is 2.35. The Balaban J connectivity index is 0.000000535. The second-order valence-corrected chi connectivity index (χ2v) is 11.4. The third-order valence-electron chi connectivity index (χ3n) is 6.23. The lowest BCUT2D eigenvalue weighted by Gasteiger charge is -2.12. The lowest BCUT2D eigenvalue weighted by molar-refractivity contribution is -0.126. The maximum Gasteiger partial charge on any atom is 0.267 e. The maximum atomic E-state index is 13.6. The number of carbonyl (C=O) groups excluding carboxylic acids is 2. The number of nitrogens with zero attached hydrogens (tertiary/aromatic N) is 3. The maximum absolute atomic E-state index is 13.6. The molecule has 214 valence electrons. The zero-order valence-corrected chi connectivity index (χ0v) is 24.8. The van der Waals surface area contributed by atoms with Crippen LogP contribution >= 0.6 is 23.1 Å². The van der Waals surface area contributed by atoms with Gasteiger partial charge in [0.15, 0.2) is 16.7 Å². The molecule has 2 amide bonds. The Labute approximate surface area is 250 Å². The van der Waals surface area contributed by atoms with Crippen LogP contribution in [0.2, 0.25) is 0 Å². The molecule has 0 unspecified atom stereocenters. The minimum absolute atomic E-state index is 0.0795. The van der Waals surface area contributed by atoms with Gasteiger partial charge in [-0.25, -0.2) is 4.98 Å². The molecule has 1 N–H and O–H groups in total. The number of carbonyl (C=O) groups is 2. The molecule has 3 aromatic carbocycles. The van der Waals surface area contributed by atoms with E-state index in [4.69, 9.17) is 14.5 Å². The van der Waals surface area contributed by atoms with Gasteiger partial charge in [-0.05, 0) is 35.9 Å². The summed E-state index contributed by atoms with van der Waals surface area (Å²) >= 11 is 2.69. The molecular formula is C31H28N4O5S2. The van der Waals surface area contributed by atoms with Gasteiger partial charge in [-0.3, -0.25) is 19.0 Å². The summed E-state index contributed by atoms with van der Waals surface area (Å²) in [6.45, 7) is 1.70. The number of thioether (sulfide) groups is 1. The minimum atomic E-state index is -0.219. The van der Waals surface area contributed by atoms with Crippen LogP contribution in [0.15, 0.2) is 94.9 Å². The number of nitrogens with one attached hydrogen (secondary N) is 1. The van der Waals surface area contributed by atoms with Gasteiger partial charge < -0.3 is 19.7 Å². The first-order valence-electron chi connectivity index (χ1n) is 13.0. The van der Waals surface area contributed by atoms with Crippen molar-refractivity contribution >= 4 is 50.8 Å². The van der Waals surface area contributed by atoms with Gasteiger partial charge in [-0.15, -0.1) is 11.3 Å². The fourth-order valence-corrected chi connectivity index (χ4v) is 5.80. The fraction of sp³-hybridized carbons (Fsp3) is 0.161. The van der Waals surface area contributed by atoms with Crippen molar-refractivity contribution < 1.29 is 19.1 Å². The van der Waals surface area contributed by atoms with Gasteiger partial charge in [-0.1, -0.05) is 60.3 Å². The van der Waals surface area contributed by atoms with E-state index in [2.05, 4.69) is 5.32 Å². The van der Waals surface area contributed by atoms with Gasteiger partial charge >= 0.3 is 0 Å². The third-order valence-corrected chi connectivity index (χ3v) is 8.24. The quantitative estimate of drug-likeness (QED) is 0.198. The van der Waals surface area contributed by atoms with E-state index < -0.39 is 0 Å². The molecule has 0 bridgehead atoms. The van der Waals surface area contributed by atoms with E-state index in [1.54, 1.807) is 36.9 Å². The van der Waals surface area contributed by atoms with Crippen molar-refractivity contribution in [3.63, 3.8) is 0 Å². The molecule has 1 aliphatic heterocycles. The number of thiophene rings is 1. The molecule has 11 heteroatoms. The molecule has 42 heavy (non-hydrogen) atoms. The van der Waals surface area contributed by atoms with Gasteiger partial charge in [0.25, 0.3) is 5.56 Å². The molecule has 0 fully saturated rings. The summed E-state index contributed by atoms with van der Waals surface area (Å²) in [5.41, 5.74) is 2.18. The first-order chi connectivity index (χ1) is 20.3. The number of rotatable bonds is 6. The molecule has 0 spiro atoms. The Hall–Kier alpha value is -4.61. The van der Waals surface area contributed by atoms with Crippen LogP contribution in [0.1, 0.15) is 6.92 Å². The second-order valence-electron chi connectivity index (χ2n) is 9.38. The van der Waals surface area contributed by atoms with E-state index in [0.29, 0.717) is 38.2 Å². The first-order valence-corrected chi connectivity index (χ1v) is 14.8. The predicted molar refractivity (Wildman–Crippen MR) is 167 cm³/mol. The molecule has 2 aromatic heterocycles. The molecule has 1 aliphatic rings. The highest BCUT2D eigenvalue weighted by molar-refractivity contribution is 7.99. The van der Waals surface area contributed by atoms with E-state index in [0.717, 1.165) is 10.4 Å². The van der Waals surface area contributed by atoms with Crippen LogP contribution in [0.3, 0.4) is 0 Å². The van der Waals surface area contributed by atoms with Crippen LogP contribution in [0.4, 0.5) is 5.69 Å². The van der Waals surface area contributed by atoms with E-state index >= 15 is 0 Å². The normalized spacial score (nSPS) is 11.5. The van der Waals surface area contributed by atoms with Crippen molar-refractivity contribution in [1.29, 1.82) is 0 Å². The molecule has 0 atom stereocenters. The highest BCUT2D eigenvalue weighted by atomic mass is 32.2. The third kappa shape index (κ3) is 6.64. The number of aromatic nitrogens is 2. The van der Waals surface area contributed by atoms with Crippen LogP contribution in [0, 0.1) is 0 Å². The summed E-state index contributed by atoms with van der Waals surface area (Å²) in [5, 5.41) is 3.88. The highest BCUT2D eigenvalue weighted by Gasteiger charge is 2.18. The van der Waals surface area contributed by atoms with Crippen molar-refractivity contribution in [2.24, 2.45) is 0 Å². The van der Waals surface area contributed by atoms with Crippen LogP contribution in [0.25, 0.3) is 26.3 Å². The topological polar surface area (TPSA) is 103 Å². The molecule has 0 radical (unpaired) electrons. The molecule has 0 saturated heterocycles. The monoisotopic (exact) mass is 600 g/mol. The fourth-order valence-electron chi connectivity index (χ4n) is 3.91. The van der Waals surface area contributed by atoms with Crippen LogP contribution in [-0.2, 0) is 9.59 Å². The number of fused-ring (bicyclic) bond motifs is 2. The molecule has 0 aliphatic carbocycles. The second kappa shape index (κ2) is 12.9. The van der Waals surface area contributed by atoms with Gasteiger partial charge in [-0.2, -0.15) is 0 Å². The van der Waals surface area contributed by atoms with Gasteiger partial charge in [0, 0.05) is 37.6 Å². The Kier molecular flexibility index (Phi) is 8.89. The molecule has 6 rings (SSSR count). The number of amides is 2. The van der Waals surface area contributed by atoms with Crippen molar-refractivity contribution in [1.82, 2.24) is 14.5 Å². The van der Waals surface area contributed by atoms with Crippen molar-refractivity contribution in [3.05, 3.63) is 95.3 Å². The summed E-state index contributed by atoms with van der Waals surface area (Å²) in [6, 6.07) is 26.4. The van der Waals surface area contributed by atoms with Gasteiger partial charge in [0.2, 0.25) is 18.6 Å². The average Bonchev–Trinajstić information content (AvgIpc) is 3.64. The number of hydrogen-bond acceptors (Lipinski definition) is 8. The van der Waals surface area contributed by atoms with Gasteiger partial charge in [0.1, 0.15) is 4.83 Å². The zero-order chi connectivity index (χ0) is 29.6. The summed E-state index contributed by atoms with van der Waals surface area (Å²) in [6.07, 6.45) is 0. The van der Waals surface area contributed by atoms with Gasteiger partial charge in [0.05, 0.1) is 16.8 Å². The first kappa shape index (κ1) is 28.9. The Morgan fingerprint density at radius 2 is 1.64 bits per heavy atom. The number of benzene rings is 3. The van der Waals surface area contributed by atoms with Crippen molar-refractivity contribution in [3.8, 4) is 27.6 Å². The van der Waals surface area contributed by atoms with E-state index in [1.807, 2.05) is 66.7 Å².